The largest absolute Gasteiger partial charge is 0.474 e. The second-order valence-corrected chi connectivity index (χ2v) is 8.63. The number of hydrogen-bond donors (Lipinski definition) is 2. The van der Waals surface area contributed by atoms with Crippen LogP contribution >= 0.6 is 35.3 Å². The molecule has 2 aromatic rings. The third-order valence-corrected chi connectivity index (χ3v) is 6.15. The molecule has 0 saturated heterocycles. The number of aromatic nitrogens is 2. The zero-order valence-corrected chi connectivity index (χ0v) is 21.4. The van der Waals surface area contributed by atoms with Gasteiger partial charge in [-0.3, -0.25) is 4.99 Å². The van der Waals surface area contributed by atoms with Gasteiger partial charge in [-0.2, -0.15) is 0 Å². The predicted octanol–water partition coefficient (Wildman–Crippen LogP) is 4.04. The molecule has 0 atom stereocenters. The molecule has 2 N–H and O–H groups in total. The number of halogens is 1. The van der Waals surface area contributed by atoms with Gasteiger partial charge in [0.2, 0.25) is 5.88 Å². The molecule has 9 heteroatoms. The maximum Gasteiger partial charge on any atom is 0.213 e. The van der Waals surface area contributed by atoms with Crippen LogP contribution in [-0.4, -0.2) is 43.2 Å². The molecular weight excluding hydrogens is 511 g/mol. The third kappa shape index (κ3) is 7.57. The Hall–Kier alpha value is -1.62. The van der Waals surface area contributed by atoms with E-state index < -0.39 is 0 Å². The maximum atomic E-state index is 6.11. The highest BCUT2D eigenvalue weighted by Crippen LogP contribution is 2.26. The second kappa shape index (κ2) is 12.3. The molecule has 2 aromatic heterocycles. The molecule has 1 saturated carbocycles. The number of thiazole rings is 1. The number of guanidine groups is 1. The number of anilines is 1. The van der Waals surface area contributed by atoms with Crippen LogP contribution in [0.3, 0.4) is 0 Å². The van der Waals surface area contributed by atoms with E-state index in [9.17, 15) is 0 Å². The molecular formula is C21H33IN6OS. The van der Waals surface area contributed by atoms with E-state index in [-0.39, 0.29) is 24.0 Å². The lowest BCUT2D eigenvalue weighted by molar-refractivity contribution is 0.130. The van der Waals surface area contributed by atoms with Crippen LogP contribution in [-0.2, 0) is 13.1 Å². The predicted molar refractivity (Wildman–Crippen MR) is 135 cm³/mol. The van der Waals surface area contributed by atoms with Gasteiger partial charge in [0.15, 0.2) is 11.1 Å². The molecule has 3 rings (SSSR count). The van der Waals surface area contributed by atoms with Crippen molar-refractivity contribution in [3.05, 3.63) is 35.0 Å². The van der Waals surface area contributed by atoms with Gasteiger partial charge in [0.25, 0.3) is 0 Å². The first-order chi connectivity index (χ1) is 14.0. The number of hydrogen-bond acceptors (Lipinski definition) is 6. The lowest BCUT2D eigenvalue weighted by Gasteiger charge is -2.26. The minimum Gasteiger partial charge on any atom is -0.474 e. The first-order valence-electron chi connectivity index (χ1n) is 10.2. The third-order valence-electron chi connectivity index (χ3n) is 5.09. The highest BCUT2D eigenvalue weighted by molar-refractivity contribution is 14.0. The van der Waals surface area contributed by atoms with E-state index in [0.717, 1.165) is 41.1 Å². The Balaban J connectivity index is 0.00000320. The molecule has 1 fully saturated rings. The van der Waals surface area contributed by atoms with E-state index in [2.05, 4.69) is 37.9 Å². The van der Waals surface area contributed by atoms with Gasteiger partial charge >= 0.3 is 0 Å². The van der Waals surface area contributed by atoms with Gasteiger partial charge in [0.1, 0.15) is 6.10 Å². The zero-order valence-electron chi connectivity index (χ0n) is 18.2. The topological polar surface area (TPSA) is 74.7 Å². The molecule has 2 heterocycles. The van der Waals surface area contributed by atoms with Crippen molar-refractivity contribution < 1.29 is 4.74 Å². The van der Waals surface area contributed by atoms with E-state index in [0.29, 0.717) is 25.1 Å². The fraction of sp³-hybridized carbons (Fsp3) is 0.571. The van der Waals surface area contributed by atoms with Crippen LogP contribution in [0.1, 0.15) is 43.9 Å². The lowest BCUT2D eigenvalue weighted by Crippen LogP contribution is -2.36. The minimum atomic E-state index is 0. The Morgan fingerprint density at radius 1 is 1.23 bits per heavy atom. The van der Waals surface area contributed by atoms with Crippen LogP contribution in [0.5, 0.6) is 5.88 Å². The van der Waals surface area contributed by atoms with Gasteiger partial charge < -0.3 is 20.3 Å². The summed E-state index contributed by atoms with van der Waals surface area (Å²) in [6.45, 7) is 3.60. The summed E-state index contributed by atoms with van der Waals surface area (Å²) in [4.78, 5) is 15.3. The lowest BCUT2D eigenvalue weighted by atomic mass is 9.89. The summed E-state index contributed by atoms with van der Waals surface area (Å²) in [6.07, 6.45) is 6.82. The molecule has 7 nitrogen and oxygen atoms in total. The highest BCUT2D eigenvalue weighted by Gasteiger charge is 2.19. The maximum absolute atomic E-state index is 6.11. The van der Waals surface area contributed by atoms with Crippen molar-refractivity contribution in [1.29, 1.82) is 0 Å². The Morgan fingerprint density at radius 2 is 1.97 bits per heavy atom. The summed E-state index contributed by atoms with van der Waals surface area (Å²) in [5.74, 6) is 2.27. The van der Waals surface area contributed by atoms with Gasteiger partial charge in [0, 0.05) is 45.3 Å². The van der Waals surface area contributed by atoms with Crippen molar-refractivity contribution in [1.82, 2.24) is 20.6 Å². The van der Waals surface area contributed by atoms with E-state index in [1.165, 1.54) is 12.8 Å². The van der Waals surface area contributed by atoms with Gasteiger partial charge in [-0.25, -0.2) is 9.97 Å². The van der Waals surface area contributed by atoms with Crippen LogP contribution in [0.25, 0.3) is 0 Å². The van der Waals surface area contributed by atoms with Gasteiger partial charge in [-0.1, -0.05) is 6.92 Å². The number of nitrogens with zero attached hydrogens (tertiary/aromatic N) is 4. The van der Waals surface area contributed by atoms with Crippen molar-refractivity contribution in [2.45, 2.75) is 51.8 Å². The van der Waals surface area contributed by atoms with Crippen LogP contribution < -0.4 is 20.3 Å². The number of nitrogens with one attached hydrogen (secondary N) is 2. The molecule has 0 unspecified atom stereocenters. The molecule has 166 valence electrons. The van der Waals surface area contributed by atoms with E-state index in [1.54, 1.807) is 18.4 Å². The summed E-state index contributed by atoms with van der Waals surface area (Å²) < 4.78 is 6.11. The first kappa shape index (κ1) is 24.6. The van der Waals surface area contributed by atoms with E-state index >= 15 is 0 Å². The van der Waals surface area contributed by atoms with Gasteiger partial charge in [-0.15, -0.1) is 35.3 Å². The Bertz CT molecular complexity index is 804. The molecule has 0 aliphatic heterocycles. The normalized spacial score (nSPS) is 19.0. The summed E-state index contributed by atoms with van der Waals surface area (Å²) in [5, 5.41) is 9.72. The highest BCUT2D eigenvalue weighted by atomic mass is 127. The molecule has 0 aromatic carbocycles. The fourth-order valence-corrected chi connectivity index (χ4v) is 4.06. The number of pyridine rings is 1. The van der Waals surface area contributed by atoms with Crippen molar-refractivity contribution in [2.24, 2.45) is 10.9 Å². The summed E-state index contributed by atoms with van der Waals surface area (Å²) in [7, 11) is 5.77. The van der Waals surface area contributed by atoms with Crippen molar-refractivity contribution >= 4 is 46.4 Å². The SMILES string of the molecule is CN=C(NCc1ccnc(OC2CCC(C)CC2)c1)NCc1csc(N(C)C)n1.I. The molecule has 0 bridgehead atoms. The summed E-state index contributed by atoms with van der Waals surface area (Å²) in [5.41, 5.74) is 2.12. The Morgan fingerprint density at radius 3 is 2.63 bits per heavy atom. The monoisotopic (exact) mass is 544 g/mol. The average Bonchev–Trinajstić information content (AvgIpc) is 3.20. The van der Waals surface area contributed by atoms with E-state index in [4.69, 9.17) is 4.74 Å². The Labute approximate surface area is 200 Å². The summed E-state index contributed by atoms with van der Waals surface area (Å²) in [6, 6.07) is 4.02. The van der Waals surface area contributed by atoms with Crippen LogP contribution in [0.2, 0.25) is 0 Å². The van der Waals surface area contributed by atoms with E-state index in [1.807, 2.05) is 37.3 Å². The fourth-order valence-electron chi connectivity index (χ4n) is 3.31. The summed E-state index contributed by atoms with van der Waals surface area (Å²) >= 11 is 1.64. The standard InChI is InChI=1S/C21H32N6OS.HI/c1-15-5-7-18(8-6-15)28-19-11-16(9-10-23-19)12-24-20(22-2)25-13-17-14-29-21(26-17)27(3)4;/h9-11,14-15,18H,5-8,12-13H2,1-4H3,(H2,22,24,25);1H. The quantitative estimate of drug-likeness (QED) is 0.312. The Kier molecular flexibility index (Phi) is 10.1. The van der Waals surface area contributed by atoms with Crippen molar-refractivity contribution in [3.63, 3.8) is 0 Å². The van der Waals surface area contributed by atoms with Crippen molar-refractivity contribution in [2.75, 3.05) is 26.0 Å². The molecule has 0 spiro atoms. The van der Waals surface area contributed by atoms with Crippen molar-refractivity contribution in [3.8, 4) is 5.88 Å². The van der Waals surface area contributed by atoms with Crippen LogP contribution in [0.4, 0.5) is 5.13 Å². The number of ether oxygens (including phenoxy) is 1. The first-order valence-corrected chi connectivity index (χ1v) is 11.1. The second-order valence-electron chi connectivity index (χ2n) is 7.80. The number of aliphatic imine (C=N–C) groups is 1. The zero-order chi connectivity index (χ0) is 20.6. The van der Waals surface area contributed by atoms with Gasteiger partial charge in [0.05, 0.1) is 12.2 Å². The van der Waals surface area contributed by atoms with Gasteiger partial charge in [-0.05, 0) is 43.2 Å². The molecule has 0 radical (unpaired) electrons. The minimum absolute atomic E-state index is 0. The average molecular weight is 545 g/mol. The number of rotatable bonds is 7. The molecule has 1 aliphatic rings. The molecule has 30 heavy (non-hydrogen) atoms. The van der Waals surface area contributed by atoms with Crippen LogP contribution in [0, 0.1) is 5.92 Å². The molecule has 1 aliphatic carbocycles. The smallest absolute Gasteiger partial charge is 0.213 e. The van der Waals surface area contributed by atoms with Crippen LogP contribution in [0.15, 0.2) is 28.7 Å². The molecule has 0 amide bonds.